The van der Waals surface area contributed by atoms with Crippen LogP contribution in [0.5, 0.6) is 0 Å². The van der Waals surface area contributed by atoms with Gasteiger partial charge in [-0.1, -0.05) is 19.1 Å². The summed E-state index contributed by atoms with van der Waals surface area (Å²) in [5.74, 6) is 0.428. The predicted molar refractivity (Wildman–Crippen MR) is 63.5 cm³/mol. The minimum absolute atomic E-state index is 0.149. The first-order valence-corrected chi connectivity index (χ1v) is 5.92. The molecular weight excluding hydrogens is 203 g/mol. The average Bonchev–Trinajstić information content (AvgIpc) is 2.60. The number of hydrogen-bond donors (Lipinski definition) is 1. The van der Waals surface area contributed by atoms with Crippen molar-refractivity contribution >= 4 is 0 Å². The summed E-state index contributed by atoms with van der Waals surface area (Å²) >= 11 is 0. The number of nitrogens with two attached hydrogens (primary N) is 1. The van der Waals surface area contributed by atoms with E-state index >= 15 is 0 Å². The highest BCUT2D eigenvalue weighted by Gasteiger charge is 2.31. The number of likely N-dealkylation sites (tertiary alicyclic amines) is 1. The van der Waals surface area contributed by atoms with E-state index in [9.17, 15) is 4.39 Å². The second kappa shape index (κ2) is 4.93. The lowest BCUT2D eigenvalue weighted by molar-refractivity contribution is 0.240. The second-order valence-corrected chi connectivity index (χ2v) is 4.59. The number of benzene rings is 1. The van der Waals surface area contributed by atoms with E-state index in [-0.39, 0.29) is 5.82 Å². The van der Waals surface area contributed by atoms with Gasteiger partial charge in [0.05, 0.1) is 0 Å². The van der Waals surface area contributed by atoms with Crippen molar-refractivity contribution in [1.82, 2.24) is 4.90 Å². The number of rotatable bonds is 3. The van der Waals surface area contributed by atoms with Crippen molar-refractivity contribution in [3.63, 3.8) is 0 Å². The molecule has 3 heteroatoms. The summed E-state index contributed by atoms with van der Waals surface area (Å²) in [5, 5.41) is 0. The van der Waals surface area contributed by atoms with E-state index in [0.29, 0.717) is 18.5 Å². The van der Waals surface area contributed by atoms with Crippen molar-refractivity contribution in [2.45, 2.75) is 19.4 Å². The quantitative estimate of drug-likeness (QED) is 0.849. The molecule has 1 aromatic carbocycles. The standard InChI is InChI=1S/C13H19FN2/c1-10-5-7-16(8-6-15)13(10)11-3-2-4-12(14)9-11/h2-4,9-10,13H,5-8,15H2,1H3. The first-order chi connectivity index (χ1) is 7.72. The molecule has 0 bridgehead atoms. The molecule has 1 aliphatic rings. The van der Waals surface area contributed by atoms with Gasteiger partial charge in [-0.25, -0.2) is 4.39 Å². The fourth-order valence-corrected chi connectivity index (χ4v) is 2.67. The maximum Gasteiger partial charge on any atom is 0.123 e. The largest absolute Gasteiger partial charge is 0.329 e. The monoisotopic (exact) mass is 222 g/mol. The van der Waals surface area contributed by atoms with Crippen molar-refractivity contribution in [1.29, 1.82) is 0 Å². The van der Waals surface area contributed by atoms with Gasteiger partial charge >= 0.3 is 0 Å². The highest BCUT2D eigenvalue weighted by molar-refractivity contribution is 5.22. The van der Waals surface area contributed by atoms with Crippen molar-refractivity contribution in [3.8, 4) is 0 Å². The van der Waals surface area contributed by atoms with Crippen LogP contribution in [0.15, 0.2) is 24.3 Å². The normalized spacial score (nSPS) is 26.2. The van der Waals surface area contributed by atoms with Crippen molar-refractivity contribution < 1.29 is 4.39 Å². The number of hydrogen-bond acceptors (Lipinski definition) is 2. The molecule has 0 aliphatic carbocycles. The molecule has 1 saturated heterocycles. The Balaban J connectivity index is 2.22. The Kier molecular flexibility index (Phi) is 3.56. The van der Waals surface area contributed by atoms with Gasteiger partial charge in [-0.3, -0.25) is 4.90 Å². The van der Waals surface area contributed by atoms with Crippen LogP contribution in [0.2, 0.25) is 0 Å². The zero-order valence-corrected chi connectivity index (χ0v) is 9.70. The van der Waals surface area contributed by atoms with Gasteiger partial charge in [-0.15, -0.1) is 0 Å². The molecule has 1 aromatic rings. The molecule has 2 rings (SSSR count). The average molecular weight is 222 g/mol. The lowest BCUT2D eigenvalue weighted by atomic mass is 9.95. The maximum absolute atomic E-state index is 13.2. The molecule has 0 saturated carbocycles. The summed E-state index contributed by atoms with van der Waals surface area (Å²) in [4.78, 5) is 2.36. The molecule has 1 heterocycles. The van der Waals surface area contributed by atoms with E-state index in [1.165, 1.54) is 12.5 Å². The molecule has 16 heavy (non-hydrogen) atoms. The first-order valence-electron chi connectivity index (χ1n) is 5.92. The lowest BCUT2D eigenvalue weighted by Gasteiger charge is -2.26. The molecule has 2 nitrogen and oxygen atoms in total. The van der Waals surface area contributed by atoms with Crippen LogP contribution in [0, 0.1) is 11.7 Å². The fourth-order valence-electron chi connectivity index (χ4n) is 2.67. The molecule has 1 aliphatic heterocycles. The first kappa shape index (κ1) is 11.6. The van der Waals surface area contributed by atoms with Crippen LogP contribution >= 0.6 is 0 Å². The summed E-state index contributed by atoms with van der Waals surface area (Å²) in [6, 6.07) is 7.28. The lowest BCUT2D eigenvalue weighted by Crippen LogP contribution is -2.30. The molecule has 2 N–H and O–H groups in total. The molecule has 2 unspecified atom stereocenters. The van der Waals surface area contributed by atoms with E-state index in [1.54, 1.807) is 12.1 Å². The molecule has 0 amide bonds. The van der Waals surface area contributed by atoms with Gasteiger partial charge in [0.15, 0.2) is 0 Å². The second-order valence-electron chi connectivity index (χ2n) is 4.59. The molecule has 0 aromatic heterocycles. The number of halogens is 1. The van der Waals surface area contributed by atoms with E-state index in [2.05, 4.69) is 11.8 Å². The molecule has 88 valence electrons. The van der Waals surface area contributed by atoms with E-state index in [0.717, 1.165) is 18.7 Å². The van der Waals surface area contributed by atoms with Gasteiger partial charge in [0.1, 0.15) is 5.82 Å². The van der Waals surface area contributed by atoms with Crippen LogP contribution in [0.3, 0.4) is 0 Å². The van der Waals surface area contributed by atoms with E-state index < -0.39 is 0 Å². The Morgan fingerprint density at radius 2 is 2.31 bits per heavy atom. The van der Waals surface area contributed by atoms with E-state index in [4.69, 9.17) is 5.73 Å². The Morgan fingerprint density at radius 3 is 3.00 bits per heavy atom. The molecule has 1 fully saturated rings. The third kappa shape index (κ3) is 2.25. The fraction of sp³-hybridized carbons (Fsp3) is 0.538. The van der Waals surface area contributed by atoms with Crippen molar-refractivity contribution in [2.75, 3.05) is 19.6 Å². The van der Waals surface area contributed by atoms with Gasteiger partial charge in [-0.2, -0.15) is 0 Å². The summed E-state index contributed by atoms with van der Waals surface area (Å²) in [6.45, 7) is 4.86. The smallest absolute Gasteiger partial charge is 0.123 e. The Hall–Kier alpha value is -0.930. The summed E-state index contributed by atoms with van der Waals surface area (Å²) in [7, 11) is 0. The maximum atomic E-state index is 13.2. The van der Waals surface area contributed by atoms with E-state index in [1.807, 2.05) is 6.07 Å². The van der Waals surface area contributed by atoms with Crippen LogP contribution in [0.25, 0.3) is 0 Å². The molecule has 0 radical (unpaired) electrons. The third-order valence-corrected chi connectivity index (χ3v) is 3.41. The van der Waals surface area contributed by atoms with Crippen LogP contribution in [-0.2, 0) is 0 Å². The summed E-state index contributed by atoms with van der Waals surface area (Å²) in [5.41, 5.74) is 6.69. The molecular formula is C13H19FN2. The Labute approximate surface area is 96.2 Å². The van der Waals surface area contributed by atoms with Gasteiger partial charge in [-0.05, 0) is 36.6 Å². The van der Waals surface area contributed by atoms with Crippen molar-refractivity contribution in [3.05, 3.63) is 35.6 Å². The predicted octanol–water partition coefficient (Wildman–Crippen LogP) is 2.17. The number of nitrogens with zero attached hydrogens (tertiary/aromatic N) is 1. The molecule has 2 atom stereocenters. The van der Waals surface area contributed by atoms with Crippen LogP contribution in [0.1, 0.15) is 24.9 Å². The van der Waals surface area contributed by atoms with Gasteiger partial charge in [0.25, 0.3) is 0 Å². The zero-order valence-electron chi connectivity index (χ0n) is 9.70. The van der Waals surface area contributed by atoms with Gasteiger partial charge in [0, 0.05) is 19.1 Å². The highest BCUT2D eigenvalue weighted by Crippen LogP contribution is 2.36. The third-order valence-electron chi connectivity index (χ3n) is 3.41. The Bertz CT molecular complexity index is 352. The van der Waals surface area contributed by atoms with Crippen LogP contribution in [0.4, 0.5) is 4.39 Å². The molecule has 0 spiro atoms. The topological polar surface area (TPSA) is 29.3 Å². The van der Waals surface area contributed by atoms with Gasteiger partial charge in [0.2, 0.25) is 0 Å². The minimum atomic E-state index is -0.149. The summed E-state index contributed by atoms with van der Waals surface area (Å²) < 4.78 is 13.2. The SMILES string of the molecule is CC1CCN(CCN)C1c1cccc(F)c1. The Morgan fingerprint density at radius 1 is 1.50 bits per heavy atom. The van der Waals surface area contributed by atoms with Crippen LogP contribution < -0.4 is 5.73 Å². The zero-order chi connectivity index (χ0) is 11.5. The highest BCUT2D eigenvalue weighted by atomic mass is 19.1. The minimum Gasteiger partial charge on any atom is -0.329 e. The van der Waals surface area contributed by atoms with Gasteiger partial charge < -0.3 is 5.73 Å². The summed E-state index contributed by atoms with van der Waals surface area (Å²) in [6.07, 6.45) is 1.17. The van der Waals surface area contributed by atoms with Crippen molar-refractivity contribution in [2.24, 2.45) is 11.7 Å². The van der Waals surface area contributed by atoms with Crippen LogP contribution in [-0.4, -0.2) is 24.5 Å².